The molecule has 1 amide bonds. The highest BCUT2D eigenvalue weighted by atomic mass is 32.2. The maximum absolute atomic E-state index is 12.7. The number of hydrogen-bond acceptors (Lipinski definition) is 4. The summed E-state index contributed by atoms with van der Waals surface area (Å²) < 4.78 is 24.4. The fourth-order valence-electron chi connectivity index (χ4n) is 3.91. The Labute approximate surface area is 182 Å². The summed E-state index contributed by atoms with van der Waals surface area (Å²) >= 11 is 1.41. The zero-order valence-electron chi connectivity index (χ0n) is 17.4. The van der Waals surface area contributed by atoms with Gasteiger partial charge in [-0.2, -0.15) is 4.99 Å². The number of aryl methyl sites for hydroxylation is 1. The number of rotatable bonds is 4. The van der Waals surface area contributed by atoms with E-state index in [1.807, 2.05) is 48.2 Å². The van der Waals surface area contributed by atoms with Crippen molar-refractivity contribution in [2.75, 3.05) is 16.4 Å². The molecule has 2 saturated heterocycles. The predicted molar refractivity (Wildman–Crippen MR) is 124 cm³/mol. The second-order valence-corrected chi connectivity index (χ2v) is 11.7. The van der Waals surface area contributed by atoms with E-state index in [2.05, 4.69) is 31.0 Å². The molecule has 4 rings (SSSR count). The molecular weight excluding hydrogens is 416 g/mol. The number of benzene rings is 2. The minimum atomic E-state index is -3.07. The molecule has 2 fully saturated rings. The summed E-state index contributed by atoms with van der Waals surface area (Å²) in [5.41, 5.74) is 4.18. The zero-order chi connectivity index (χ0) is 21.5. The number of thioether (sulfide) groups is 1. The van der Waals surface area contributed by atoms with Gasteiger partial charge >= 0.3 is 0 Å². The van der Waals surface area contributed by atoms with Crippen LogP contribution in [0, 0.1) is 6.92 Å². The third-order valence-corrected chi connectivity index (χ3v) is 8.81. The predicted octanol–water partition coefficient (Wildman–Crippen LogP) is 3.96. The van der Waals surface area contributed by atoms with Crippen LogP contribution in [0.3, 0.4) is 0 Å². The van der Waals surface area contributed by atoms with Gasteiger partial charge in [0.05, 0.1) is 24.0 Å². The van der Waals surface area contributed by atoms with Crippen molar-refractivity contribution in [2.45, 2.75) is 44.4 Å². The molecule has 158 valence electrons. The van der Waals surface area contributed by atoms with Crippen LogP contribution in [0.25, 0.3) is 0 Å². The molecule has 0 bridgehead atoms. The van der Waals surface area contributed by atoms with Gasteiger partial charge in [-0.1, -0.05) is 67.6 Å². The first kappa shape index (κ1) is 21.1. The smallest absolute Gasteiger partial charge is 0.252 e. The average Bonchev–Trinajstić information content (AvgIpc) is 3.14. The summed E-state index contributed by atoms with van der Waals surface area (Å²) in [6.07, 6.45) is 0.234. The van der Waals surface area contributed by atoms with Crippen molar-refractivity contribution < 1.29 is 13.2 Å². The van der Waals surface area contributed by atoms with E-state index < -0.39 is 9.84 Å². The standard InChI is InChI=1S/C23H26N2O3S2/c1-15(2)18-8-10-19(11-9-18)25-20-13-30(27,28)14-21(20)29-23(25)24-22(26)12-17-6-4-16(3)5-7-17/h4-11,15,20-21H,12-14H2,1-3H3/t20-,21-/m0/s1. The molecule has 2 aliphatic heterocycles. The van der Waals surface area contributed by atoms with Crippen molar-refractivity contribution in [1.82, 2.24) is 0 Å². The number of fused-ring (bicyclic) bond motifs is 1. The van der Waals surface area contributed by atoms with E-state index in [0.717, 1.165) is 16.8 Å². The molecule has 0 saturated carbocycles. The largest absolute Gasteiger partial charge is 0.316 e. The van der Waals surface area contributed by atoms with E-state index in [-0.39, 0.29) is 35.1 Å². The molecule has 2 atom stereocenters. The molecule has 7 heteroatoms. The van der Waals surface area contributed by atoms with Crippen LogP contribution in [-0.2, 0) is 21.1 Å². The number of carbonyl (C=O) groups is 1. The van der Waals surface area contributed by atoms with Crippen molar-refractivity contribution in [3.05, 3.63) is 65.2 Å². The second-order valence-electron chi connectivity index (χ2n) is 8.37. The van der Waals surface area contributed by atoms with Crippen LogP contribution < -0.4 is 4.90 Å². The molecule has 0 N–H and O–H groups in total. The van der Waals surface area contributed by atoms with Crippen LogP contribution >= 0.6 is 11.8 Å². The molecular formula is C23H26N2O3S2. The maximum Gasteiger partial charge on any atom is 0.252 e. The summed E-state index contributed by atoms with van der Waals surface area (Å²) in [6, 6.07) is 15.8. The minimum Gasteiger partial charge on any atom is -0.316 e. The first-order valence-electron chi connectivity index (χ1n) is 10.2. The number of nitrogens with zero attached hydrogens (tertiary/aromatic N) is 2. The normalized spacial score (nSPS) is 23.9. The first-order chi connectivity index (χ1) is 14.2. The van der Waals surface area contributed by atoms with Gasteiger partial charge in [-0.25, -0.2) is 8.42 Å². The fourth-order valence-corrected chi connectivity index (χ4v) is 7.84. The molecule has 0 unspecified atom stereocenters. The van der Waals surface area contributed by atoms with E-state index in [0.29, 0.717) is 11.1 Å². The van der Waals surface area contributed by atoms with Gasteiger partial charge in [-0.3, -0.25) is 4.79 Å². The fraction of sp³-hybridized carbons (Fsp3) is 0.391. The lowest BCUT2D eigenvalue weighted by Crippen LogP contribution is -2.37. The molecule has 30 heavy (non-hydrogen) atoms. The quantitative estimate of drug-likeness (QED) is 0.717. The van der Waals surface area contributed by atoms with Gasteiger partial charge in [0.2, 0.25) is 0 Å². The Morgan fingerprint density at radius 1 is 1.10 bits per heavy atom. The van der Waals surface area contributed by atoms with Crippen molar-refractivity contribution in [3.63, 3.8) is 0 Å². The molecule has 2 aliphatic rings. The summed E-state index contributed by atoms with van der Waals surface area (Å²) in [5.74, 6) is 0.430. The molecule has 0 aliphatic carbocycles. The van der Waals surface area contributed by atoms with Crippen LogP contribution in [0.15, 0.2) is 53.5 Å². The number of aliphatic imine (C=N–C) groups is 1. The lowest BCUT2D eigenvalue weighted by molar-refractivity contribution is -0.117. The number of amidine groups is 1. The highest BCUT2D eigenvalue weighted by Gasteiger charge is 2.49. The van der Waals surface area contributed by atoms with E-state index in [4.69, 9.17) is 0 Å². The summed E-state index contributed by atoms with van der Waals surface area (Å²) in [4.78, 5) is 19.0. The Hall–Kier alpha value is -2.12. The van der Waals surface area contributed by atoms with Gasteiger partial charge in [-0.15, -0.1) is 0 Å². The number of carbonyl (C=O) groups excluding carboxylic acids is 1. The van der Waals surface area contributed by atoms with Gasteiger partial charge in [0.1, 0.15) is 0 Å². The summed E-state index contributed by atoms with van der Waals surface area (Å²) in [7, 11) is -3.07. The van der Waals surface area contributed by atoms with E-state index in [1.165, 1.54) is 17.3 Å². The monoisotopic (exact) mass is 442 g/mol. The van der Waals surface area contributed by atoms with Gasteiger partial charge in [0, 0.05) is 10.9 Å². The topological polar surface area (TPSA) is 66.8 Å². The van der Waals surface area contributed by atoms with Crippen LogP contribution in [0.2, 0.25) is 0 Å². The van der Waals surface area contributed by atoms with Crippen molar-refractivity contribution in [3.8, 4) is 0 Å². The van der Waals surface area contributed by atoms with Crippen LogP contribution in [0.4, 0.5) is 5.69 Å². The number of sulfone groups is 1. The number of anilines is 1. The highest BCUT2D eigenvalue weighted by molar-refractivity contribution is 8.16. The van der Waals surface area contributed by atoms with Gasteiger partial charge < -0.3 is 4.90 Å². The lowest BCUT2D eigenvalue weighted by atomic mass is 10.0. The van der Waals surface area contributed by atoms with E-state index in [9.17, 15) is 13.2 Å². The van der Waals surface area contributed by atoms with Crippen molar-refractivity contribution in [2.24, 2.45) is 4.99 Å². The summed E-state index contributed by atoms with van der Waals surface area (Å²) in [5, 5.41) is 0.514. The Kier molecular flexibility index (Phi) is 5.77. The highest BCUT2D eigenvalue weighted by Crippen LogP contribution is 2.41. The lowest BCUT2D eigenvalue weighted by Gasteiger charge is -2.25. The SMILES string of the molecule is Cc1ccc(CC(=O)N=C2S[C@H]3CS(=O)(=O)C[C@@H]3N2c2ccc(C(C)C)cc2)cc1. The number of hydrogen-bond donors (Lipinski definition) is 0. The molecule has 2 aromatic carbocycles. The van der Waals surface area contributed by atoms with Gasteiger partial charge in [-0.05, 0) is 36.1 Å². The van der Waals surface area contributed by atoms with E-state index in [1.54, 1.807) is 0 Å². The maximum atomic E-state index is 12.7. The van der Waals surface area contributed by atoms with Gasteiger partial charge in [0.25, 0.3) is 5.91 Å². The molecule has 5 nitrogen and oxygen atoms in total. The Balaban J connectivity index is 1.62. The Morgan fingerprint density at radius 2 is 1.77 bits per heavy atom. The first-order valence-corrected chi connectivity index (χ1v) is 12.9. The van der Waals surface area contributed by atoms with Gasteiger partial charge in [0.15, 0.2) is 15.0 Å². The average molecular weight is 443 g/mol. The Morgan fingerprint density at radius 3 is 2.40 bits per heavy atom. The molecule has 0 aromatic heterocycles. The van der Waals surface area contributed by atoms with Crippen LogP contribution in [0.1, 0.15) is 36.5 Å². The van der Waals surface area contributed by atoms with Crippen LogP contribution in [0.5, 0.6) is 0 Å². The third kappa shape index (κ3) is 4.47. The summed E-state index contributed by atoms with van der Waals surface area (Å²) in [6.45, 7) is 6.28. The minimum absolute atomic E-state index is 0.0919. The van der Waals surface area contributed by atoms with Crippen molar-refractivity contribution in [1.29, 1.82) is 0 Å². The molecule has 0 radical (unpaired) electrons. The molecule has 2 aromatic rings. The van der Waals surface area contributed by atoms with Crippen molar-refractivity contribution >= 4 is 38.4 Å². The number of amides is 1. The van der Waals surface area contributed by atoms with E-state index >= 15 is 0 Å². The second kappa shape index (κ2) is 8.19. The zero-order valence-corrected chi connectivity index (χ0v) is 19.0. The van der Waals surface area contributed by atoms with Crippen LogP contribution in [-0.4, -0.2) is 42.3 Å². The molecule has 0 spiro atoms. The third-order valence-electron chi connectivity index (χ3n) is 5.60. The molecule has 2 heterocycles. The Bertz CT molecular complexity index is 1070.